The number of Topliss-reactive ketones (excluding diaryl/α,β-unsaturated/α-hetero) is 2. The van der Waals surface area contributed by atoms with Gasteiger partial charge in [-0.15, -0.1) is 10.2 Å². The fourth-order valence-electron chi connectivity index (χ4n) is 6.20. The summed E-state index contributed by atoms with van der Waals surface area (Å²) in [5, 5.41) is 18.5. The van der Waals surface area contributed by atoms with E-state index in [4.69, 9.17) is 15.2 Å². The first kappa shape index (κ1) is 41.6. The molecule has 2 aromatic carbocycles. The minimum absolute atomic E-state index is 0.0340. The first-order valence-electron chi connectivity index (χ1n) is 18.7. The molecule has 1 aromatic heterocycles. The van der Waals surface area contributed by atoms with Crippen molar-refractivity contribution in [1.82, 2.24) is 4.98 Å². The van der Waals surface area contributed by atoms with E-state index in [2.05, 4.69) is 10.2 Å². The maximum atomic E-state index is 13.9. The zero-order valence-corrected chi connectivity index (χ0v) is 34.5. The number of carbonyl (C=O) groups is 2. The molecule has 2 aliphatic rings. The van der Waals surface area contributed by atoms with Crippen LogP contribution in [0.1, 0.15) is 94.5 Å². The number of halogens is 2. The van der Waals surface area contributed by atoms with Crippen molar-refractivity contribution in [3.63, 3.8) is 0 Å². The van der Waals surface area contributed by atoms with Crippen LogP contribution in [-0.4, -0.2) is 16.6 Å². The summed E-state index contributed by atoms with van der Waals surface area (Å²) in [6.45, 7) is 24.0. The molecule has 56 heavy (non-hydrogen) atoms. The van der Waals surface area contributed by atoms with Crippen molar-refractivity contribution in [1.29, 1.82) is 0 Å². The molecule has 0 saturated carbocycles. The van der Waals surface area contributed by atoms with Crippen molar-refractivity contribution < 1.29 is 18.4 Å². The molecule has 290 valence electrons. The highest BCUT2D eigenvalue weighted by Gasteiger charge is 2.36. The van der Waals surface area contributed by atoms with Crippen LogP contribution in [-0.2, 0) is 9.59 Å². The molecule has 0 aliphatic heterocycles. The summed E-state index contributed by atoms with van der Waals surface area (Å²) >= 11 is 0. The second-order valence-corrected chi connectivity index (χ2v) is 18.3. The van der Waals surface area contributed by atoms with Gasteiger partial charge in [0.05, 0.1) is 22.8 Å². The largest absolute Gasteiger partial charge is 0.289 e. The van der Waals surface area contributed by atoms with Crippen LogP contribution in [0.25, 0.3) is 11.4 Å². The van der Waals surface area contributed by atoms with Crippen LogP contribution in [0.15, 0.2) is 145 Å². The number of pyridine rings is 1. The Morgan fingerprint density at radius 1 is 0.464 bits per heavy atom. The lowest BCUT2D eigenvalue weighted by molar-refractivity contribution is -0.114. The van der Waals surface area contributed by atoms with Crippen molar-refractivity contribution in [3.8, 4) is 0 Å². The van der Waals surface area contributed by atoms with Gasteiger partial charge in [0.15, 0.2) is 11.6 Å². The summed E-state index contributed by atoms with van der Waals surface area (Å²) in [5.41, 5.74) is 4.22. The molecule has 0 unspecified atom stereocenters. The molecule has 3 aromatic rings. The van der Waals surface area contributed by atoms with E-state index in [-0.39, 0.29) is 11.6 Å². The zero-order valence-electron chi connectivity index (χ0n) is 34.5. The normalized spacial score (nSPS) is 16.0. The van der Waals surface area contributed by atoms with Crippen molar-refractivity contribution in [2.45, 2.75) is 83.1 Å². The third kappa shape index (κ3) is 9.62. The lowest BCUT2D eigenvalue weighted by Gasteiger charge is -2.31. The van der Waals surface area contributed by atoms with E-state index >= 15 is 0 Å². The highest BCUT2D eigenvalue weighted by molar-refractivity contribution is 6.13. The quantitative estimate of drug-likeness (QED) is 0.234. The highest BCUT2D eigenvalue weighted by atomic mass is 19.1. The molecule has 0 N–H and O–H groups in total. The third-order valence-corrected chi connectivity index (χ3v) is 9.38. The van der Waals surface area contributed by atoms with Crippen molar-refractivity contribution in [2.75, 3.05) is 0 Å². The third-order valence-electron chi connectivity index (χ3n) is 9.38. The van der Waals surface area contributed by atoms with E-state index in [1.807, 2.05) is 113 Å². The Labute approximate surface area is 329 Å². The molecule has 0 saturated heterocycles. The second kappa shape index (κ2) is 15.5. The maximum Gasteiger partial charge on any atom is 0.186 e. The Balaban J connectivity index is 1.85. The number of benzene rings is 2. The smallest absolute Gasteiger partial charge is 0.186 e. The molecule has 0 atom stereocenters. The second-order valence-electron chi connectivity index (χ2n) is 18.3. The first-order chi connectivity index (χ1) is 25.9. The Morgan fingerprint density at radius 3 is 1.02 bits per heavy atom. The minimum Gasteiger partial charge on any atom is -0.289 e. The van der Waals surface area contributed by atoms with E-state index in [9.17, 15) is 18.4 Å². The molecular formula is C47H51F2N5O2. The van der Waals surface area contributed by atoms with Gasteiger partial charge >= 0.3 is 0 Å². The minimum atomic E-state index is -0.494. The molecule has 0 amide bonds. The fourth-order valence-corrected chi connectivity index (χ4v) is 6.20. The molecule has 1 heterocycles. The van der Waals surface area contributed by atoms with Gasteiger partial charge in [0.25, 0.3) is 0 Å². The van der Waals surface area contributed by atoms with Gasteiger partial charge in [0, 0.05) is 33.4 Å². The average molecular weight is 756 g/mol. The highest BCUT2D eigenvalue weighted by Crippen LogP contribution is 2.43. The lowest BCUT2D eigenvalue weighted by Crippen LogP contribution is -2.28. The predicted octanol–water partition coefficient (Wildman–Crippen LogP) is 13.4. The van der Waals surface area contributed by atoms with Gasteiger partial charge in [-0.25, -0.2) is 13.8 Å². The molecule has 5 rings (SSSR count). The Morgan fingerprint density at radius 2 is 0.750 bits per heavy atom. The predicted molar refractivity (Wildman–Crippen MR) is 220 cm³/mol. The number of azo groups is 2. The standard InChI is InChI=1S/C47H51F2N5O2/c1-44(2,3)34-24-28(25-35(42(34)55)45(4,5)6)40(53-51-32-20-16-30(48)17-21-32)38-14-13-15-39(50-38)41(54-52-33-22-18-31(49)19-23-33)29-26-36(46(7,8)9)43(56)37(27-29)47(10,11)12/h13-27H,1-12H3/b53-51+,54-52+. The topological polar surface area (TPSA) is 96.5 Å². The number of nitrogens with zero attached hydrogens (tertiary/aromatic N) is 5. The van der Waals surface area contributed by atoms with Gasteiger partial charge in [0.1, 0.15) is 23.0 Å². The number of rotatable bonds is 6. The van der Waals surface area contributed by atoms with Crippen molar-refractivity contribution in [2.24, 2.45) is 42.1 Å². The van der Waals surface area contributed by atoms with Crippen LogP contribution in [0.2, 0.25) is 0 Å². The number of carbonyl (C=O) groups excluding carboxylic acids is 2. The van der Waals surface area contributed by atoms with Crippen LogP contribution < -0.4 is 0 Å². The van der Waals surface area contributed by atoms with E-state index in [0.29, 0.717) is 67.6 Å². The number of ketones is 2. The summed E-state index contributed by atoms with van der Waals surface area (Å²) < 4.78 is 27.7. The number of allylic oxidation sites excluding steroid dienone is 10. The van der Waals surface area contributed by atoms with Gasteiger partial charge < -0.3 is 0 Å². The Bertz CT molecular complexity index is 2070. The van der Waals surface area contributed by atoms with E-state index < -0.39 is 33.3 Å². The summed E-state index contributed by atoms with van der Waals surface area (Å²) in [4.78, 5) is 33.0. The molecule has 0 bridgehead atoms. The van der Waals surface area contributed by atoms with Gasteiger partial charge in [0.2, 0.25) is 0 Å². The summed E-state index contributed by atoms with van der Waals surface area (Å²) in [5.74, 6) is -0.864. The number of hydrogen-bond donors (Lipinski definition) is 0. The van der Waals surface area contributed by atoms with Crippen LogP contribution in [0, 0.1) is 33.3 Å². The molecule has 0 radical (unpaired) electrons. The summed E-state index contributed by atoms with van der Waals surface area (Å²) in [6.07, 6.45) is 7.40. The molecule has 2 aliphatic carbocycles. The molecule has 9 heteroatoms. The van der Waals surface area contributed by atoms with Crippen LogP contribution >= 0.6 is 0 Å². The molecular weight excluding hydrogens is 705 g/mol. The van der Waals surface area contributed by atoms with Crippen LogP contribution in [0.5, 0.6) is 0 Å². The Hall–Kier alpha value is -5.57. The van der Waals surface area contributed by atoms with Crippen molar-refractivity contribution in [3.05, 3.63) is 147 Å². The van der Waals surface area contributed by atoms with Gasteiger partial charge in [-0.1, -0.05) is 89.2 Å². The van der Waals surface area contributed by atoms with Gasteiger partial charge in [-0.2, -0.15) is 10.2 Å². The maximum absolute atomic E-state index is 13.9. The van der Waals surface area contributed by atoms with Gasteiger partial charge in [-0.3, -0.25) is 9.59 Å². The fraction of sp³-hybridized carbons (Fsp3) is 0.340. The summed E-state index contributed by atoms with van der Waals surface area (Å²) in [6, 6.07) is 16.8. The van der Waals surface area contributed by atoms with E-state index in [0.717, 1.165) is 0 Å². The van der Waals surface area contributed by atoms with Crippen LogP contribution in [0.4, 0.5) is 20.2 Å². The van der Waals surface area contributed by atoms with Crippen molar-refractivity contribution >= 4 is 34.3 Å². The van der Waals surface area contributed by atoms with Gasteiger partial charge in [-0.05, 0) is 107 Å². The van der Waals surface area contributed by atoms with E-state index in [1.165, 1.54) is 48.5 Å². The first-order valence-corrected chi connectivity index (χ1v) is 18.7. The molecule has 0 spiro atoms. The SMILES string of the molecule is CC(C)(C)C1=CC(=C(/N=N/c2ccc(F)cc2)c2cccc(C(/N=N/c3ccc(F)cc3)=C3C=C(C(C)(C)C)C(=O)C(C(C)(C)C)=C3)n2)C=C(C(C)(C)C)C1=O. The number of aromatic nitrogens is 1. The van der Waals surface area contributed by atoms with Crippen LogP contribution in [0.3, 0.4) is 0 Å². The average Bonchev–Trinajstić information content (AvgIpc) is 3.09. The monoisotopic (exact) mass is 755 g/mol. The molecule has 7 nitrogen and oxygen atoms in total. The number of hydrogen-bond acceptors (Lipinski definition) is 7. The lowest BCUT2D eigenvalue weighted by atomic mass is 9.71. The molecule has 0 fully saturated rings. The Kier molecular flexibility index (Phi) is 11.5. The zero-order chi connectivity index (χ0) is 41.4. The van der Waals surface area contributed by atoms with E-state index in [1.54, 1.807) is 12.1 Å². The summed E-state index contributed by atoms with van der Waals surface area (Å²) in [7, 11) is 0.